The molecule has 2 aromatic carbocycles. The fourth-order valence-corrected chi connectivity index (χ4v) is 3.62. The molecule has 32 heavy (non-hydrogen) atoms. The van der Waals surface area contributed by atoms with Gasteiger partial charge in [-0.15, -0.1) is 0 Å². The van der Waals surface area contributed by atoms with Crippen LogP contribution in [0.2, 0.25) is 0 Å². The van der Waals surface area contributed by atoms with Gasteiger partial charge in [0.2, 0.25) is 5.91 Å². The number of amides is 2. The Kier molecular flexibility index (Phi) is 8.88. The highest BCUT2D eigenvalue weighted by Crippen LogP contribution is 2.31. The first-order valence-electron chi connectivity index (χ1n) is 11.4. The summed E-state index contributed by atoms with van der Waals surface area (Å²) in [7, 11) is 0. The van der Waals surface area contributed by atoms with Crippen LogP contribution in [-0.2, 0) is 21.5 Å². The van der Waals surface area contributed by atoms with E-state index in [1.165, 1.54) is 0 Å². The summed E-state index contributed by atoms with van der Waals surface area (Å²) >= 11 is 0. The van der Waals surface area contributed by atoms with Crippen molar-refractivity contribution >= 4 is 11.8 Å². The van der Waals surface area contributed by atoms with Gasteiger partial charge in [0.25, 0.3) is 5.91 Å². The van der Waals surface area contributed by atoms with E-state index in [-0.39, 0.29) is 29.9 Å². The Hall–Kier alpha value is -2.82. The summed E-state index contributed by atoms with van der Waals surface area (Å²) in [6, 6.07) is 15.3. The molecular formula is C27H38N2O3. The standard InChI is InChI=1S/C27H38N2O3/c1-8-23(26(31)28-19(2)3)29(17-21-15-13-20(4)14-16-21)25(30)18-32-24-12-10-9-11-22(24)27(5,6)7/h9-16,19,23H,8,17-18H2,1-7H3,(H,28,31)/t23-/m1/s1. The molecule has 0 aliphatic heterocycles. The quantitative estimate of drug-likeness (QED) is 0.599. The third kappa shape index (κ3) is 7.11. The van der Waals surface area contributed by atoms with Crippen molar-refractivity contribution in [1.29, 1.82) is 0 Å². The Morgan fingerprint density at radius 1 is 1.03 bits per heavy atom. The number of para-hydroxylation sites is 1. The summed E-state index contributed by atoms with van der Waals surface area (Å²) in [5, 5.41) is 2.95. The minimum absolute atomic E-state index is 0.00258. The van der Waals surface area contributed by atoms with Crippen molar-refractivity contribution in [2.24, 2.45) is 0 Å². The van der Waals surface area contributed by atoms with Crippen LogP contribution >= 0.6 is 0 Å². The molecule has 0 heterocycles. The Bertz CT molecular complexity index is 898. The molecular weight excluding hydrogens is 400 g/mol. The Morgan fingerprint density at radius 2 is 1.66 bits per heavy atom. The van der Waals surface area contributed by atoms with E-state index >= 15 is 0 Å². The molecule has 0 fully saturated rings. The van der Waals surface area contributed by atoms with Crippen LogP contribution in [0.1, 0.15) is 64.7 Å². The molecule has 0 aliphatic carbocycles. The normalized spacial score (nSPS) is 12.4. The summed E-state index contributed by atoms with van der Waals surface area (Å²) in [6.07, 6.45) is 0.523. The highest BCUT2D eigenvalue weighted by molar-refractivity contribution is 5.88. The van der Waals surface area contributed by atoms with Gasteiger partial charge in [-0.05, 0) is 49.8 Å². The van der Waals surface area contributed by atoms with E-state index in [1.54, 1.807) is 4.90 Å². The fourth-order valence-electron chi connectivity index (χ4n) is 3.62. The number of ether oxygens (including phenoxy) is 1. The monoisotopic (exact) mass is 438 g/mol. The molecule has 0 bridgehead atoms. The molecule has 0 spiro atoms. The molecule has 0 saturated carbocycles. The van der Waals surface area contributed by atoms with Crippen molar-refractivity contribution in [3.05, 3.63) is 65.2 Å². The van der Waals surface area contributed by atoms with E-state index in [1.807, 2.05) is 76.2 Å². The molecule has 1 atom stereocenters. The maximum atomic E-state index is 13.4. The largest absolute Gasteiger partial charge is 0.483 e. The lowest BCUT2D eigenvalue weighted by atomic mass is 9.86. The van der Waals surface area contributed by atoms with Crippen LogP contribution < -0.4 is 10.1 Å². The molecule has 0 unspecified atom stereocenters. The van der Waals surface area contributed by atoms with Gasteiger partial charge < -0.3 is 15.0 Å². The maximum Gasteiger partial charge on any atom is 0.261 e. The molecule has 0 radical (unpaired) electrons. The van der Waals surface area contributed by atoms with Crippen molar-refractivity contribution in [2.75, 3.05) is 6.61 Å². The number of rotatable bonds is 9. The fraction of sp³-hybridized carbons (Fsp3) is 0.481. The number of hydrogen-bond donors (Lipinski definition) is 1. The first-order valence-corrected chi connectivity index (χ1v) is 11.4. The lowest BCUT2D eigenvalue weighted by Crippen LogP contribution is -2.51. The van der Waals surface area contributed by atoms with Gasteiger partial charge in [-0.1, -0.05) is 75.7 Å². The first kappa shape index (κ1) is 25.4. The predicted molar refractivity (Wildman–Crippen MR) is 130 cm³/mol. The number of nitrogens with one attached hydrogen (secondary N) is 1. The first-order chi connectivity index (χ1) is 15.0. The molecule has 2 aromatic rings. The van der Waals surface area contributed by atoms with Gasteiger partial charge in [0.05, 0.1) is 0 Å². The maximum absolute atomic E-state index is 13.4. The average Bonchev–Trinajstić information content (AvgIpc) is 2.72. The lowest BCUT2D eigenvalue weighted by molar-refractivity contribution is -0.143. The van der Waals surface area contributed by atoms with E-state index in [4.69, 9.17) is 4.74 Å². The van der Waals surface area contributed by atoms with Crippen LogP contribution in [0.25, 0.3) is 0 Å². The Balaban J connectivity index is 2.27. The molecule has 2 amide bonds. The number of aryl methyl sites for hydroxylation is 1. The van der Waals surface area contributed by atoms with E-state index < -0.39 is 6.04 Å². The summed E-state index contributed by atoms with van der Waals surface area (Å²) in [5.41, 5.74) is 3.07. The number of carbonyl (C=O) groups is 2. The van der Waals surface area contributed by atoms with Crippen molar-refractivity contribution in [2.45, 2.75) is 78.9 Å². The zero-order chi connectivity index (χ0) is 23.9. The van der Waals surface area contributed by atoms with Gasteiger partial charge in [-0.3, -0.25) is 9.59 Å². The summed E-state index contributed by atoms with van der Waals surface area (Å²) in [5.74, 6) is 0.349. The Morgan fingerprint density at radius 3 is 2.22 bits per heavy atom. The zero-order valence-corrected chi connectivity index (χ0v) is 20.6. The number of hydrogen-bond acceptors (Lipinski definition) is 3. The second-order valence-electron chi connectivity index (χ2n) is 9.63. The van der Waals surface area contributed by atoms with E-state index in [9.17, 15) is 9.59 Å². The van der Waals surface area contributed by atoms with Gasteiger partial charge in [-0.2, -0.15) is 0 Å². The molecule has 5 heteroatoms. The van der Waals surface area contributed by atoms with Crippen LogP contribution in [0.5, 0.6) is 5.75 Å². The number of carbonyl (C=O) groups excluding carboxylic acids is 2. The molecule has 2 rings (SSSR count). The van der Waals surface area contributed by atoms with Crippen molar-refractivity contribution < 1.29 is 14.3 Å². The molecule has 5 nitrogen and oxygen atoms in total. The second-order valence-corrected chi connectivity index (χ2v) is 9.63. The van der Waals surface area contributed by atoms with Crippen LogP contribution in [0.15, 0.2) is 48.5 Å². The topological polar surface area (TPSA) is 58.6 Å². The minimum Gasteiger partial charge on any atom is -0.483 e. The van der Waals surface area contributed by atoms with Crippen LogP contribution in [0.3, 0.4) is 0 Å². The number of benzene rings is 2. The van der Waals surface area contributed by atoms with Crippen molar-refractivity contribution in [1.82, 2.24) is 10.2 Å². The van der Waals surface area contributed by atoms with E-state index in [0.717, 1.165) is 16.7 Å². The van der Waals surface area contributed by atoms with Crippen molar-refractivity contribution in [3.8, 4) is 5.75 Å². The third-order valence-corrected chi connectivity index (χ3v) is 5.34. The predicted octanol–water partition coefficient (Wildman–Crippen LogP) is 5.00. The summed E-state index contributed by atoms with van der Waals surface area (Å²) in [6.45, 7) is 14.4. The van der Waals surface area contributed by atoms with Crippen LogP contribution in [-0.4, -0.2) is 35.4 Å². The summed E-state index contributed by atoms with van der Waals surface area (Å²) < 4.78 is 6.00. The van der Waals surface area contributed by atoms with Gasteiger partial charge in [0.1, 0.15) is 11.8 Å². The molecule has 0 aromatic heterocycles. The zero-order valence-electron chi connectivity index (χ0n) is 20.6. The third-order valence-electron chi connectivity index (χ3n) is 5.34. The van der Waals surface area contributed by atoms with E-state index in [0.29, 0.717) is 18.7 Å². The van der Waals surface area contributed by atoms with Crippen LogP contribution in [0.4, 0.5) is 0 Å². The lowest BCUT2D eigenvalue weighted by Gasteiger charge is -2.31. The highest BCUT2D eigenvalue weighted by atomic mass is 16.5. The smallest absolute Gasteiger partial charge is 0.261 e. The van der Waals surface area contributed by atoms with Crippen molar-refractivity contribution in [3.63, 3.8) is 0 Å². The van der Waals surface area contributed by atoms with Crippen LogP contribution in [0, 0.1) is 6.92 Å². The van der Waals surface area contributed by atoms with Gasteiger partial charge in [-0.25, -0.2) is 0 Å². The van der Waals surface area contributed by atoms with Gasteiger partial charge in [0.15, 0.2) is 6.61 Å². The minimum atomic E-state index is -0.562. The average molecular weight is 439 g/mol. The number of nitrogens with zero attached hydrogens (tertiary/aromatic N) is 1. The Labute approximate surface area is 193 Å². The van der Waals surface area contributed by atoms with Gasteiger partial charge in [0, 0.05) is 12.6 Å². The molecule has 174 valence electrons. The second kappa shape index (κ2) is 11.2. The highest BCUT2D eigenvalue weighted by Gasteiger charge is 2.29. The van der Waals surface area contributed by atoms with E-state index in [2.05, 4.69) is 26.1 Å². The SMILES string of the molecule is CC[C@H](C(=O)NC(C)C)N(Cc1ccc(C)cc1)C(=O)COc1ccccc1C(C)(C)C. The molecule has 0 aliphatic rings. The van der Waals surface area contributed by atoms with Gasteiger partial charge >= 0.3 is 0 Å². The summed E-state index contributed by atoms with van der Waals surface area (Å²) in [4.78, 5) is 27.9. The molecule has 1 N–H and O–H groups in total. The molecule has 0 saturated heterocycles.